The molecule has 4 nitrogen and oxygen atoms in total. The van der Waals surface area contributed by atoms with Crippen molar-refractivity contribution in [1.29, 1.82) is 0 Å². The van der Waals surface area contributed by atoms with Crippen LogP contribution in [-0.4, -0.2) is 23.0 Å². The lowest BCUT2D eigenvalue weighted by Crippen LogP contribution is -2.43. The Hall–Kier alpha value is -1.91. The fraction of sp³-hybridized carbons (Fsp3) is 0.385. The first-order valence-electron chi connectivity index (χ1n) is 5.84. The summed E-state index contributed by atoms with van der Waals surface area (Å²) < 4.78 is 13.0. The van der Waals surface area contributed by atoms with E-state index in [1.54, 1.807) is 6.07 Å². The zero-order chi connectivity index (χ0) is 13.1. The van der Waals surface area contributed by atoms with Crippen LogP contribution in [0.2, 0.25) is 0 Å². The Labute approximate surface area is 104 Å². The molecule has 2 rings (SSSR count). The lowest BCUT2D eigenvalue weighted by atomic mass is 10.1. The van der Waals surface area contributed by atoms with Gasteiger partial charge in [-0.1, -0.05) is 12.1 Å². The van der Waals surface area contributed by atoms with Crippen LogP contribution in [0.1, 0.15) is 18.4 Å². The molecule has 1 aromatic rings. The number of halogens is 1. The minimum Gasteiger partial charge on any atom is -0.480 e. The van der Waals surface area contributed by atoms with E-state index in [0.717, 1.165) is 12.8 Å². The molecule has 2 N–H and O–H groups in total. The molecule has 0 radical (unpaired) electrons. The Balaban J connectivity index is 2.01. The van der Waals surface area contributed by atoms with E-state index in [1.165, 1.54) is 18.2 Å². The molecule has 18 heavy (non-hydrogen) atoms. The van der Waals surface area contributed by atoms with Crippen molar-refractivity contribution in [2.45, 2.75) is 25.3 Å². The van der Waals surface area contributed by atoms with Gasteiger partial charge in [-0.3, -0.25) is 4.79 Å². The summed E-state index contributed by atoms with van der Waals surface area (Å²) in [6.07, 6.45) is 1.72. The van der Waals surface area contributed by atoms with E-state index in [0.29, 0.717) is 5.56 Å². The summed E-state index contributed by atoms with van der Waals surface area (Å²) in [5, 5.41) is 11.5. The first kappa shape index (κ1) is 12.5. The molecule has 1 aromatic carbocycles. The van der Waals surface area contributed by atoms with Crippen LogP contribution in [0.4, 0.5) is 4.39 Å². The summed E-state index contributed by atoms with van der Waals surface area (Å²) in [6, 6.07) is 4.73. The van der Waals surface area contributed by atoms with Crippen molar-refractivity contribution in [3.8, 4) is 0 Å². The lowest BCUT2D eigenvalue weighted by Gasteiger charge is -2.14. The van der Waals surface area contributed by atoms with Gasteiger partial charge in [0.2, 0.25) is 5.91 Å². The third-order valence-electron chi connectivity index (χ3n) is 2.89. The quantitative estimate of drug-likeness (QED) is 0.830. The molecule has 0 heterocycles. The average molecular weight is 251 g/mol. The SMILES string of the molecule is O=C(N[C@H](Cc1cccc(F)c1)C(=O)O)C1CC1. The van der Waals surface area contributed by atoms with Crippen molar-refractivity contribution in [2.24, 2.45) is 5.92 Å². The Bertz CT molecular complexity index is 471. The van der Waals surface area contributed by atoms with Crippen molar-refractivity contribution in [3.63, 3.8) is 0 Å². The monoisotopic (exact) mass is 251 g/mol. The molecule has 1 amide bonds. The van der Waals surface area contributed by atoms with Crippen molar-refractivity contribution in [2.75, 3.05) is 0 Å². The number of hydrogen-bond donors (Lipinski definition) is 2. The number of nitrogens with one attached hydrogen (secondary N) is 1. The van der Waals surface area contributed by atoms with E-state index >= 15 is 0 Å². The number of carboxylic acids is 1. The second kappa shape index (κ2) is 5.16. The topological polar surface area (TPSA) is 66.4 Å². The van der Waals surface area contributed by atoms with Crippen LogP contribution in [0.25, 0.3) is 0 Å². The third-order valence-corrected chi connectivity index (χ3v) is 2.89. The highest BCUT2D eigenvalue weighted by Crippen LogP contribution is 2.29. The van der Waals surface area contributed by atoms with Gasteiger partial charge in [0.1, 0.15) is 11.9 Å². The zero-order valence-corrected chi connectivity index (χ0v) is 9.73. The molecule has 5 heteroatoms. The van der Waals surface area contributed by atoms with Crippen LogP contribution in [-0.2, 0) is 16.0 Å². The molecule has 0 unspecified atom stereocenters. The third kappa shape index (κ3) is 3.29. The minimum absolute atomic E-state index is 0.0423. The molecule has 0 aromatic heterocycles. The van der Waals surface area contributed by atoms with Crippen LogP contribution >= 0.6 is 0 Å². The number of carboxylic acid groups (broad SMARTS) is 1. The molecule has 1 fully saturated rings. The highest BCUT2D eigenvalue weighted by molar-refractivity contribution is 5.86. The number of amides is 1. The zero-order valence-electron chi connectivity index (χ0n) is 9.73. The van der Waals surface area contributed by atoms with E-state index in [4.69, 9.17) is 5.11 Å². The van der Waals surface area contributed by atoms with E-state index in [-0.39, 0.29) is 18.2 Å². The van der Waals surface area contributed by atoms with Gasteiger partial charge in [-0.2, -0.15) is 0 Å². The second-order valence-corrected chi connectivity index (χ2v) is 4.51. The maximum absolute atomic E-state index is 13.0. The van der Waals surface area contributed by atoms with E-state index < -0.39 is 17.8 Å². The molecule has 0 saturated heterocycles. The normalized spacial score (nSPS) is 16.1. The second-order valence-electron chi connectivity index (χ2n) is 4.51. The van der Waals surface area contributed by atoms with Gasteiger partial charge >= 0.3 is 5.97 Å². The van der Waals surface area contributed by atoms with E-state index in [9.17, 15) is 14.0 Å². The van der Waals surface area contributed by atoms with Gasteiger partial charge in [-0.05, 0) is 30.5 Å². The number of benzene rings is 1. The number of carbonyl (C=O) groups is 2. The van der Waals surface area contributed by atoms with Crippen LogP contribution in [0.15, 0.2) is 24.3 Å². The predicted molar refractivity (Wildman–Crippen MR) is 62.4 cm³/mol. The van der Waals surface area contributed by atoms with Gasteiger partial charge in [0.15, 0.2) is 0 Å². The Morgan fingerprint density at radius 1 is 1.44 bits per heavy atom. The lowest BCUT2D eigenvalue weighted by molar-refractivity contribution is -0.142. The van der Waals surface area contributed by atoms with Crippen LogP contribution < -0.4 is 5.32 Å². The Kier molecular flexibility index (Phi) is 3.60. The summed E-state index contributed by atoms with van der Waals surface area (Å²) in [4.78, 5) is 22.6. The first-order chi connectivity index (χ1) is 8.56. The summed E-state index contributed by atoms with van der Waals surface area (Å²) in [5.41, 5.74) is 0.554. The maximum Gasteiger partial charge on any atom is 0.326 e. The van der Waals surface area contributed by atoms with Crippen molar-refractivity contribution in [1.82, 2.24) is 5.32 Å². The molecule has 1 aliphatic carbocycles. The Morgan fingerprint density at radius 2 is 2.17 bits per heavy atom. The van der Waals surface area contributed by atoms with Crippen LogP contribution in [0.5, 0.6) is 0 Å². The molecule has 1 aliphatic rings. The smallest absolute Gasteiger partial charge is 0.326 e. The summed E-state index contributed by atoms with van der Waals surface area (Å²) in [6.45, 7) is 0. The van der Waals surface area contributed by atoms with Gasteiger partial charge in [0.05, 0.1) is 0 Å². The molecule has 0 spiro atoms. The highest BCUT2D eigenvalue weighted by atomic mass is 19.1. The molecular formula is C13H14FNO3. The number of hydrogen-bond acceptors (Lipinski definition) is 2. The highest BCUT2D eigenvalue weighted by Gasteiger charge is 2.32. The van der Waals surface area contributed by atoms with E-state index in [1.807, 2.05) is 0 Å². The predicted octanol–water partition coefficient (Wildman–Crippen LogP) is 1.35. The van der Waals surface area contributed by atoms with Crippen LogP contribution in [0, 0.1) is 11.7 Å². The van der Waals surface area contributed by atoms with E-state index in [2.05, 4.69) is 5.32 Å². The van der Waals surface area contributed by atoms with Crippen LogP contribution in [0.3, 0.4) is 0 Å². The first-order valence-corrected chi connectivity index (χ1v) is 5.84. The molecule has 0 aliphatic heterocycles. The number of rotatable bonds is 5. The number of carbonyl (C=O) groups excluding carboxylic acids is 1. The molecular weight excluding hydrogens is 237 g/mol. The molecule has 0 bridgehead atoms. The maximum atomic E-state index is 13.0. The number of aliphatic carboxylic acids is 1. The summed E-state index contributed by atoms with van der Waals surface area (Å²) in [5.74, 6) is -1.78. The Morgan fingerprint density at radius 3 is 2.72 bits per heavy atom. The largest absolute Gasteiger partial charge is 0.480 e. The van der Waals surface area contributed by atoms with Gasteiger partial charge in [0.25, 0.3) is 0 Å². The van der Waals surface area contributed by atoms with Gasteiger partial charge < -0.3 is 10.4 Å². The van der Waals surface area contributed by atoms with Crippen molar-refractivity contribution >= 4 is 11.9 Å². The summed E-state index contributed by atoms with van der Waals surface area (Å²) in [7, 11) is 0. The molecule has 1 saturated carbocycles. The fourth-order valence-corrected chi connectivity index (χ4v) is 1.73. The molecule has 96 valence electrons. The minimum atomic E-state index is -1.10. The van der Waals surface area contributed by atoms with Gasteiger partial charge in [0, 0.05) is 12.3 Å². The standard InChI is InChI=1S/C13H14FNO3/c14-10-3-1-2-8(6-10)7-11(13(17)18)15-12(16)9-4-5-9/h1-3,6,9,11H,4-5,7H2,(H,15,16)(H,17,18)/t11-/m1/s1. The van der Waals surface area contributed by atoms with Crippen molar-refractivity contribution in [3.05, 3.63) is 35.6 Å². The summed E-state index contributed by atoms with van der Waals surface area (Å²) >= 11 is 0. The van der Waals surface area contributed by atoms with Gasteiger partial charge in [-0.15, -0.1) is 0 Å². The van der Waals surface area contributed by atoms with Gasteiger partial charge in [-0.25, -0.2) is 9.18 Å². The average Bonchev–Trinajstić information content (AvgIpc) is 3.11. The molecule has 1 atom stereocenters. The van der Waals surface area contributed by atoms with Crippen molar-refractivity contribution < 1.29 is 19.1 Å². The fourth-order valence-electron chi connectivity index (χ4n) is 1.73.